The molecular formula is C11H7N3O. The summed E-state index contributed by atoms with van der Waals surface area (Å²) in [6.45, 7) is 0. The largest absolute Gasteiger partial charge is 0.364 e. The lowest BCUT2D eigenvalue weighted by Crippen LogP contribution is -2.12. The second-order valence-electron chi connectivity index (χ2n) is 3.08. The van der Waals surface area contributed by atoms with Crippen LogP contribution in [-0.2, 0) is 0 Å². The zero-order valence-corrected chi connectivity index (χ0v) is 7.77. The average molecular weight is 197 g/mol. The highest BCUT2D eigenvalue weighted by Gasteiger charge is 2.03. The zero-order valence-electron chi connectivity index (χ0n) is 7.77. The van der Waals surface area contributed by atoms with Crippen LogP contribution in [0.4, 0.5) is 0 Å². The van der Waals surface area contributed by atoms with Gasteiger partial charge in [-0.15, -0.1) is 0 Å². The fourth-order valence-corrected chi connectivity index (χ4v) is 1.33. The van der Waals surface area contributed by atoms with E-state index < -0.39 is 5.91 Å². The minimum absolute atomic E-state index is 0.229. The second-order valence-corrected chi connectivity index (χ2v) is 3.08. The van der Waals surface area contributed by atoms with E-state index in [9.17, 15) is 4.79 Å². The average Bonchev–Trinajstić information content (AvgIpc) is 2.27. The molecule has 15 heavy (non-hydrogen) atoms. The van der Waals surface area contributed by atoms with Gasteiger partial charge in [-0.1, -0.05) is 6.07 Å². The number of hydrogen-bond donors (Lipinski definition) is 1. The Balaban J connectivity index is 2.66. The van der Waals surface area contributed by atoms with E-state index in [1.165, 1.54) is 0 Å². The number of nitriles is 1. The van der Waals surface area contributed by atoms with Crippen molar-refractivity contribution in [3.8, 4) is 6.07 Å². The van der Waals surface area contributed by atoms with Crippen molar-refractivity contribution < 1.29 is 4.79 Å². The number of carbonyl (C=O) groups excluding carboxylic acids is 1. The third-order valence-corrected chi connectivity index (χ3v) is 2.07. The van der Waals surface area contributed by atoms with E-state index in [0.717, 1.165) is 5.39 Å². The lowest BCUT2D eigenvalue weighted by atomic mass is 10.1. The predicted molar refractivity (Wildman–Crippen MR) is 55.0 cm³/mol. The van der Waals surface area contributed by atoms with Crippen molar-refractivity contribution in [1.82, 2.24) is 4.98 Å². The molecule has 72 valence electrons. The number of hydrogen-bond acceptors (Lipinski definition) is 3. The normalized spacial score (nSPS) is 9.80. The molecule has 1 amide bonds. The van der Waals surface area contributed by atoms with Crippen molar-refractivity contribution >= 4 is 16.8 Å². The van der Waals surface area contributed by atoms with Crippen LogP contribution in [0.2, 0.25) is 0 Å². The Labute approximate surface area is 86.0 Å². The molecule has 0 aliphatic rings. The maximum absolute atomic E-state index is 10.9. The molecule has 1 aromatic heterocycles. The van der Waals surface area contributed by atoms with Crippen LogP contribution in [0.25, 0.3) is 10.9 Å². The molecule has 0 saturated heterocycles. The van der Waals surface area contributed by atoms with Crippen LogP contribution in [0.5, 0.6) is 0 Å². The first kappa shape index (κ1) is 9.16. The molecule has 0 spiro atoms. The van der Waals surface area contributed by atoms with Gasteiger partial charge in [0.2, 0.25) is 0 Å². The third kappa shape index (κ3) is 1.63. The minimum Gasteiger partial charge on any atom is -0.364 e. The predicted octanol–water partition coefficient (Wildman–Crippen LogP) is 1.21. The number of nitrogens with zero attached hydrogens (tertiary/aromatic N) is 2. The van der Waals surface area contributed by atoms with Crippen molar-refractivity contribution in [2.45, 2.75) is 0 Å². The van der Waals surface area contributed by atoms with Gasteiger partial charge in [0.05, 0.1) is 17.1 Å². The van der Waals surface area contributed by atoms with E-state index in [4.69, 9.17) is 11.0 Å². The van der Waals surface area contributed by atoms with Crippen molar-refractivity contribution in [2.75, 3.05) is 0 Å². The van der Waals surface area contributed by atoms with Crippen LogP contribution in [0.15, 0.2) is 30.3 Å². The van der Waals surface area contributed by atoms with E-state index in [1.807, 2.05) is 6.07 Å². The minimum atomic E-state index is -0.554. The first-order chi connectivity index (χ1) is 7.20. The summed E-state index contributed by atoms with van der Waals surface area (Å²) < 4.78 is 0. The fourth-order valence-electron chi connectivity index (χ4n) is 1.33. The summed E-state index contributed by atoms with van der Waals surface area (Å²) in [5, 5.41) is 9.51. The second kappa shape index (κ2) is 3.39. The molecule has 0 bridgehead atoms. The molecule has 2 rings (SSSR count). The maximum atomic E-state index is 10.9. The van der Waals surface area contributed by atoms with Crippen molar-refractivity contribution in [3.05, 3.63) is 41.6 Å². The number of amides is 1. The molecule has 0 aliphatic carbocycles. The van der Waals surface area contributed by atoms with Crippen LogP contribution in [0.1, 0.15) is 16.1 Å². The van der Waals surface area contributed by atoms with Crippen LogP contribution >= 0.6 is 0 Å². The number of carbonyl (C=O) groups is 1. The summed E-state index contributed by atoms with van der Waals surface area (Å²) in [6.07, 6.45) is 0. The number of pyridine rings is 1. The first-order valence-corrected chi connectivity index (χ1v) is 4.31. The van der Waals surface area contributed by atoms with Gasteiger partial charge in [-0.05, 0) is 24.3 Å². The number of primary amides is 1. The summed E-state index contributed by atoms with van der Waals surface area (Å²) in [5.41, 5.74) is 6.56. The molecule has 0 atom stereocenters. The standard InChI is InChI=1S/C11H7N3O/c12-6-7-1-3-9-8(5-7)2-4-10(14-9)11(13)15/h1-5H,(H2,13,15). The Hall–Kier alpha value is -2.41. The summed E-state index contributed by atoms with van der Waals surface area (Å²) in [5.74, 6) is -0.554. The van der Waals surface area contributed by atoms with E-state index in [1.54, 1.807) is 30.3 Å². The van der Waals surface area contributed by atoms with E-state index >= 15 is 0 Å². The molecule has 2 N–H and O–H groups in total. The molecule has 0 radical (unpaired) electrons. The number of benzene rings is 1. The third-order valence-electron chi connectivity index (χ3n) is 2.07. The fraction of sp³-hybridized carbons (Fsp3) is 0. The SMILES string of the molecule is N#Cc1ccc2nc(C(N)=O)ccc2c1. The number of nitrogens with two attached hydrogens (primary N) is 1. The van der Waals surface area contributed by atoms with Crippen LogP contribution in [-0.4, -0.2) is 10.9 Å². The molecule has 0 fully saturated rings. The summed E-state index contributed by atoms with van der Waals surface area (Å²) in [4.78, 5) is 14.9. The highest BCUT2D eigenvalue weighted by atomic mass is 16.1. The number of rotatable bonds is 1. The van der Waals surface area contributed by atoms with Crippen LogP contribution in [0.3, 0.4) is 0 Å². The van der Waals surface area contributed by atoms with Crippen LogP contribution < -0.4 is 5.73 Å². The van der Waals surface area contributed by atoms with Crippen molar-refractivity contribution in [2.24, 2.45) is 5.73 Å². The van der Waals surface area contributed by atoms with Gasteiger partial charge >= 0.3 is 0 Å². The molecule has 4 heteroatoms. The van der Waals surface area contributed by atoms with Crippen molar-refractivity contribution in [3.63, 3.8) is 0 Å². The molecule has 4 nitrogen and oxygen atoms in total. The first-order valence-electron chi connectivity index (χ1n) is 4.31. The smallest absolute Gasteiger partial charge is 0.267 e. The highest BCUT2D eigenvalue weighted by Crippen LogP contribution is 2.14. The Bertz CT molecular complexity index is 584. The lowest BCUT2D eigenvalue weighted by molar-refractivity contribution is 0.0996. The van der Waals surface area contributed by atoms with E-state index in [0.29, 0.717) is 11.1 Å². The molecule has 1 aromatic carbocycles. The topological polar surface area (TPSA) is 79.8 Å². The number of aromatic nitrogens is 1. The van der Waals surface area contributed by atoms with Gasteiger partial charge < -0.3 is 5.73 Å². The molecule has 0 saturated carbocycles. The number of fused-ring (bicyclic) bond motifs is 1. The zero-order chi connectivity index (χ0) is 10.8. The molecular weight excluding hydrogens is 190 g/mol. The Morgan fingerprint density at radius 2 is 2.13 bits per heavy atom. The van der Waals surface area contributed by atoms with E-state index in [2.05, 4.69) is 4.98 Å². The maximum Gasteiger partial charge on any atom is 0.267 e. The summed E-state index contributed by atoms with van der Waals surface area (Å²) in [6, 6.07) is 10.4. The summed E-state index contributed by atoms with van der Waals surface area (Å²) in [7, 11) is 0. The molecule has 0 unspecified atom stereocenters. The Morgan fingerprint density at radius 3 is 2.80 bits per heavy atom. The van der Waals surface area contributed by atoms with Gasteiger partial charge in [0.15, 0.2) is 0 Å². The van der Waals surface area contributed by atoms with Gasteiger partial charge in [0.25, 0.3) is 5.91 Å². The Morgan fingerprint density at radius 1 is 1.33 bits per heavy atom. The Kier molecular flexibility index (Phi) is 2.07. The van der Waals surface area contributed by atoms with Gasteiger partial charge in [0, 0.05) is 5.39 Å². The summed E-state index contributed by atoms with van der Waals surface area (Å²) >= 11 is 0. The molecule has 0 aliphatic heterocycles. The highest BCUT2D eigenvalue weighted by molar-refractivity contribution is 5.93. The molecule has 2 aromatic rings. The molecule has 1 heterocycles. The quantitative estimate of drug-likeness (QED) is 0.746. The van der Waals surface area contributed by atoms with Gasteiger partial charge in [-0.3, -0.25) is 4.79 Å². The van der Waals surface area contributed by atoms with Crippen molar-refractivity contribution in [1.29, 1.82) is 5.26 Å². The lowest BCUT2D eigenvalue weighted by Gasteiger charge is -1.99. The monoisotopic (exact) mass is 197 g/mol. The van der Waals surface area contributed by atoms with Gasteiger partial charge in [0.1, 0.15) is 5.69 Å². The van der Waals surface area contributed by atoms with Crippen LogP contribution in [0, 0.1) is 11.3 Å². The van der Waals surface area contributed by atoms with E-state index in [-0.39, 0.29) is 5.69 Å². The van der Waals surface area contributed by atoms with Gasteiger partial charge in [-0.2, -0.15) is 5.26 Å². The van der Waals surface area contributed by atoms with Gasteiger partial charge in [-0.25, -0.2) is 4.98 Å².